The van der Waals surface area contributed by atoms with E-state index in [1.165, 1.54) is 23.4 Å². The monoisotopic (exact) mass is 481 g/mol. The molecule has 2 rings (SSSR count). The molecule has 0 aliphatic carbocycles. The molecule has 184 valence electrons. The molecule has 1 amide bonds. The van der Waals surface area contributed by atoms with E-state index in [-0.39, 0.29) is 48.7 Å². The minimum absolute atomic E-state index is 0.0235. The Balaban J connectivity index is 2.53. The molecule has 0 spiro atoms. The molecule has 1 aromatic carbocycles. The van der Waals surface area contributed by atoms with Crippen LogP contribution in [0.1, 0.15) is 26.3 Å². The fourth-order valence-electron chi connectivity index (χ4n) is 3.47. The first-order valence-electron chi connectivity index (χ1n) is 10.9. The van der Waals surface area contributed by atoms with Crippen molar-refractivity contribution in [2.45, 2.75) is 43.9 Å². The Kier molecular flexibility index (Phi) is 9.29. The smallest absolute Gasteiger partial charge is 0.247 e. The number of benzene rings is 1. The summed E-state index contributed by atoms with van der Waals surface area (Å²) in [7, 11) is 1.36. The van der Waals surface area contributed by atoms with Crippen LogP contribution < -0.4 is 4.74 Å². The van der Waals surface area contributed by atoms with Crippen molar-refractivity contribution in [2.75, 3.05) is 47.4 Å². The topological polar surface area (TPSA) is 111 Å². The van der Waals surface area contributed by atoms with E-state index in [0.29, 0.717) is 5.56 Å². The molecular weight excluding hydrogens is 446 g/mol. The van der Waals surface area contributed by atoms with E-state index in [1.54, 1.807) is 29.8 Å². The molecular formula is C23H35N3O6S. The molecule has 0 aromatic heterocycles. The van der Waals surface area contributed by atoms with Crippen LogP contribution in [0.2, 0.25) is 0 Å². The highest BCUT2D eigenvalue weighted by molar-refractivity contribution is 7.89. The molecule has 10 heteroatoms. The first-order valence-corrected chi connectivity index (χ1v) is 12.3. The van der Waals surface area contributed by atoms with Crippen LogP contribution in [0.15, 0.2) is 23.1 Å². The molecule has 2 N–H and O–H groups in total. The summed E-state index contributed by atoms with van der Waals surface area (Å²) in [6, 6.07) is 3.90. The van der Waals surface area contributed by atoms with Crippen LogP contribution in [-0.4, -0.2) is 104 Å². The Morgan fingerprint density at radius 1 is 1.30 bits per heavy atom. The zero-order chi connectivity index (χ0) is 24.9. The van der Waals surface area contributed by atoms with Crippen molar-refractivity contribution in [3.63, 3.8) is 0 Å². The number of ether oxygens (including phenoxy) is 1. The molecule has 33 heavy (non-hydrogen) atoms. The minimum Gasteiger partial charge on any atom is -0.487 e. The van der Waals surface area contributed by atoms with Crippen LogP contribution in [0.25, 0.3) is 0 Å². The Morgan fingerprint density at radius 2 is 1.97 bits per heavy atom. The lowest BCUT2D eigenvalue weighted by Gasteiger charge is -2.37. The summed E-state index contributed by atoms with van der Waals surface area (Å²) >= 11 is 0. The predicted molar refractivity (Wildman–Crippen MR) is 125 cm³/mol. The van der Waals surface area contributed by atoms with Crippen LogP contribution >= 0.6 is 0 Å². The molecule has 0 fully saturated rings. The fourth-order valence-corrected chi connectivity index (χ4v) is 5.30. The number of hydrogen-bond acceptors (Lipinski definition) is 7. The number of carbonyl (C=O) groups is 1. The number of hydrogen-bond donors (Lipinski definition) is 2. The molecule has 4 atom stereocenters. The lowest BCUT2D eigenvalue weighted by Crippen LogP contribution is -2.50. The van der Waals surface area contributed by atoms with Crippen molar-refractivity contribution in [2.24, 2.45) is 5.92 Å². The van der Waals surface area contributed by atoms with Gasteiger partial charge in [0.1, 0.15) is 22.9 Å². The average Bonchev–Trinajstić information content (AvgIpc) is 2.73. The van der Waals surface area contributed by atoms with Gasteiger partial charge < -0.3 is 24.7 Å². The molecule has 0 saturated carbocycles. The minimum atomic E-state index is -3.96. The zero-order valence-corrected chi connectivity index (χ0v) is 21.0. The maximum atomic E-state index is 13.4. The van der Waals surface area contributed by atoms with Gasteiger partial charge in [-0.15, -0.1) is 0 Å². The van der Waals surface area contributed by atoms with Gasteiger partial charge in [-0.3, -0.25) is 4.79 Å². The standard InChI is InChI=1S/C23H35N3O6S/c1-16-12-26(17(2)15-27)33(30,31)22-10-9-19(8-7-18(3)28)11-20(22)32-21(16)13-25(6)23(29)14-24(4)5/h9-11,16-18,21,27-28H,12-15H2,1-6H3/t16-,17-,18-,21-/m1/s1. The summed E-state index contributed by atoms with van der Waals surface area (Å²) < 4.78 is 34.4. The van der Waals surface area contributed by atoms with Crippen molar-refractivity contribution < 1.29 is 28.2 Å². The average molecular weight is 482 g/mol. The fraction of sp³-hybridized carbons (Fsp3) is 0.609. The lowest BCUT2D eigenvalue weighted by molar-refractivity contribution is -0.132. The third-order valence-electron chi connectivity index (χ3n) is 5.42. The number of aliphatic hydroxyl groups excluding tert-OH is 2. The summed E-state index contributed by atoms with van der Waals surface area (Å²) in [6.45, 7) is 5.36. The van der Waals surface area contributed by atoms with Crippen LogP contribution in [0.3, 0.4) is 0 Å². The highest BCUT2D eigenvalue weighted by Gasteiger charge is 2.38. The molecule has 1 aliphatic heterocycles. The molecule has 1 aromatic rings. The van der Waals surface area contributed by atoms with E-state index < -0.39 is 28.3 Å². The summed E-state index contributed by atoms with van der Waals surface area (Å²) in [5, 5.41) is 19.2. The predicted octanol–water partition coefficient (Wildman–Crippen LogP) is 0.208. The van der Waals surface area contributed by atoms with Crippen molar-refractivity contribution in [1.82, 2.24) is 14.1 Å². The highest BCUT2D eigenvalue weighted by atomic mass is 32.2. The first kappa shape index (κ1) is 27.1. The summed E-state index contributed by atoms with van der Waals surface area (Å²) in [4.78, 5) is 15.8. The molecule has 1 aliphatic rings. The largest absolute Gasteiger partial charge is 0.487 e. The Hall–Kier alpha value is -2.16. The van der Waals surface area contributed by atoms with Gasteiger partial charge in [-0.1, -0.05) is 18.8 Å². The Morgan fingerprint density at radius 3 is 2.55 bits per heavy atom. The molecule has 1 heterocycles. The van der Waals surface area contributed by atoms with E-state index in [0.717, 1.165) is 0 Å². The van der Waals surface area contributed by atoms with Gasteiger partial charge in [0.05, 0.1) is 19.7 Å². The Bertz CT molecular complexity index is 999. The Labute approximate surface area is 197 Å². The number of aliphatic hydroxyl groups is 2. The number of rotatable bonds is 6. The summed E-state index contributed by atoms with van der Waals surface area (Å²) in [5.41, 5.74) is 0.496. The molecule has 0 radical (unpaired) electrons. The zero-order valence-electron chi connectivity index (χ0n) is 20.1. The van der Waals surface area contributed by atoms with Gasteiger partial charge >= 0.3 is 0 Å². The van der Waals surface area contributed by atoms with Crippen LogP contribution in [0.4, 0.5) is 0 Å². The maximum Gasteiger partial charge on any atom is 0.247 e. The number of fused-ring (bicyclic) bond motifs is 1. The van der Waals surface area contributed by atoms with Gasteiger partial charge in [-0.05, 0) is 46.1 Å². The van der Waals surface area contributed by atoms with Gasteiger partial charge in [0.25, 0.3) is 0 Å². The second-order valence-corrected chi connectivity index (χ2v) is 10.7. The van der Waals surface area contributed by atoms with Crippen LogP contribution in [-0.2, 0) is 14.8 Å². The maximum absolute atomic E-state index is 13.4. The highest BCUT2D eigenvalue weighted by Crippen LogP contribution is 2.34. The van der Waals surface area contributed by atoms with E-state index in [4.69, 9.17) is 4.74 Å². The van der Waals surface area contributed by atoms with Gasteiger partial charge in [-0.25, -0.2) is 8.42 Å². The number of amides is 1. The SMILES string of the molecule is C[C@@H]1CN([C@H](C)CO)S(=O)(=O)c2ccc(C#C[C@@H](C)O)cc2O[C@@H]1CN(C)C(=O)CN(C)C. The van der Waals surface area contributed by atoms with Gasteiger partial charge in [-0.2, -0.15) is 4.31 Å². The van der Waals surface area contributed by atoms with Crippen molar-refractivity contribution >= 4 is 15.9 Å². The normalized spacial score (nSPS) is 22.1. The van der Waals surface area contributed by atoms with Gasteiger partial charge in [0, 0.05) is 31.1 Å². The third-order valence-corrected chi connectivity index (χ3v) is 7.44. The number of likely N-dealkylation sites (N-methyl/N-ethyl adjacent to an activating group) is 2. The lowest BCUT2D eigenvalue weighted by atomic mass is 10.0. The van der Waals surface area contributed by atoms with E-state index in [9.17, 15) is 23.4 Å². The molecule has 0 saturated heterocycles. The van der Waals surface area contributed by atoms with Crippen molar-refractivity contribution in [1.29, 1.82) is 0 Å². The van der Waals surface area contributed by atoms with E-state index in [1.807, 2.05) is 21.0 Å². The second kappa shape index (κ2) is 11.3. The first-order chi connectivity index (χ1) is 15.4. The molecule has 0 unspecified atom stereocenters. The van der Waals surface area contributed by atoms with Gasteiger partial charge in [0.2, 0.25) is 15.9 Å². The third kappa shape index (κ3) is 6.91. The molecule has 9 nitrogen and oxygen atoms in total. The van der Waals surface area contributed by atoms with E-state index in [2.05, 4.69) is 11.8 Å². The number of sulfonamides is 1. The number of nitrogens with zero attached hydrogens (tertiary/aromatic N) is 3. The van der Waals surface area contributed by atoms with Crippen molar-refractivity contribution in [3.8, 4) is 17.6 Å². The summed E-state index contributed by atoms with van der Waals surface area (Å²) in [6.07, 6.45) is -1.33. The summed E-state index contributed by atoms with van der Waals surface area (Å²) in [5.74, 6) is 5.23. The second-order valence-electron chi connectivity index (χ2n) is 8.86. The van der Waals surface area contributed by atoms with Crippen LogP contribution in [0.5, 0.6) is 5.75 Å². The van der Waals surface area contributed by atoms with E-state index >= 15 is 0 Å². The van der Waals surface area contributed by atoms with Crippen molar-refractivity contribution in [3.05, 3.63) is 23.8 Å². The van der Waals surface area contributed by atoms with Crippen LogP contribution in [0, 0.1) is 17.8 Å². The molecule has 0 bridgehead atoms. The quantitative estimate of drug-likeness (QED) is 0.559. The number of carbonyl (C=O) groups excluding carboxylic acids is 1. The van der Waals surface area contributed by atoms with Gasteiger partial charge in [0.15, 0.2) is 0 Å².